The monoisotopic (exact) mass is 264 g/mol. The maximum Gasteiger partial charge on any atom is 0.141 e. The number of hydrogen-bond donors (Lipinski definition) is 1. The van der Waals surface area contributed by atoms with Gasteiger partial charge in [0.1, 0.15) is 5.82 Å². The van der Waals surface area contributed by atoms with Gasteiger partial charge in [0.05, 0.1) is 18.0 Å². The molecule has 1 saturated carbocycles. The van der Waals surface area contributed by atoms with Crippen molar-refractivity contribution in [3.05, 3.63) is 29.8 Å². The number of nitrogens with zero attached hydrogens (tertiary/aromatic N) is 2. The molecule has 1 aromatic rings. The van der Waals surface area contributed by atoms with E-state index in [4.69, 9.17) is 0 Å². The van der Waals surface area contributed by atoms with Gasteiger partial charge >= 0.3 is 0 Å². The molecule has 2 bridgehead atoms. The summed E-state index contributed by atoms with van der Waals surface area (Å²) in [5.41, 5.74) is 0.568. The standard InChI is InChI=1S/C15H21FN2O/c1-10(8-18-9-11-2-4-13(18)6-11)15(19)14-5-3-12(16)7-17-14/h3,5,7,10-11,13,15,19H,2,4,6,8-9H2,1H3. The number of rotatable bonds is 4. The van der Waals surface area contributed by atoms with Crippen LogP contribution in [0.25, 0.3) is 0 Å². The van der Waals surface area contributed by atoms with Crippen molar-refractivity contribution in [2.24, 2.45) is 11.8 Å². The second-order valence-electron chi connectivity index (χ2n) is 6.11. The van der Waals surface area contributed by atoms with Crippen molar-refractivity contribution in [1.82, 2.24) is 9.88 Å². The van der Waals surface area contributed by atoms with Gasteiger partial charge in [-0.3, -0.25) is 9.88 Å². The molecule has 0 aromatic carbocycles. The maximum absolute atomic E-state index is 12.8. The van der Waals surface area contributed by atoms with Gasteiger partial charge in [0, 0.05) is 25.0 Å². The van der Waals surface area contributed by atoms with Gasteiger partial charge in [-0.2, -0.15) is 0 Å². The molecule has 3 rings (SSSR count). The van der Waals surface area contributed by atoms with E-state index in [9.17, 15) is 9.50 Å². The molecule has 0 spiro atoms. The Morgan fingerprint density at radius 2 is 2.32 bits per heavy atom. The van der Waals surface area contributed by atoms with E-state index in [0.717, 1.165) is 18.5 Å². The van der Waals surface area contributed by atoms with Crippen molar-refractivity contribution < 1.29 is 9.50 Å². The van der Waals surface area contributed by atoms with Gasteiger partial charge in [0.2, 0.25) is 0 Å². The summed E-state index contributed by atoms with van der Waals surface area (Å²) in [6, 6.07) is 3.66. The minimum Gasteiger partial charge on any atom is -0.386 e. The predicted molar refractivity (Wildman–Crippen MR) is 71.0 cm³/mol. The van der Waals surface area contributed by atoms with Crippen molar-refractivity contribution >= 4 is 0 Å². The number of pyridine rings is 1. The molecule has 4 heteroatoms. The summed E-state index contributed by atoms with van der Waals surface area (Å²) in [6.07, 6.45) is 4.57. The third-order valence-corrected chi connectivity index (χ3v) is 4.64. The highest BCUT2D eigenvalue weighted by Crippen LogP contribution is 2.38. The van der Waals surface area contributed by atoms with Gasteiger partial charge < -0.3 is 5.11 Å². The summed E-state index contributed by atoms with van der Waals surface area (Å²) < 4.78 is 12.8. The van der Waals surface area contributed by atoms with Crippen molar-refractivity contribution in [2.45, 2.75) is 38.3 Å². The number of piperidine rings is 1. The minimum atomic E-state index is -0.611. The van der Waals surface area contributed by atoms with Crippen LogP contribution in [0.4, 0.5) is 4.39 Å². The molecule has 1 aliphatic carbocycles. The fourth-order valence-electron chi connectivity index (χ4n) is 3.57. The lowest BCUT2D eigenvalue weighted by Crippen LogP contribution is -2.37. The number of halogens is 1. The van der Waals surface area contributed by atoms with Crippen molar-refractivity contribution in [3.8, 4) is 0 Å². The molecule has 3 nitrogen and oxygen atoms in total. The van der Waals surface area contributed by atoms with E-state index in [0.29, 0.717) is 5.69 Å². The van der Waals surface area contributed by atoms with Gasteiger partial charge in [0.25, 0.3) is 0 Å². The quantitative estimate of drug-likeness (QED) is 0.907. The van der Waals surface area contributed by atoms with Crippen LogP contribution < -0.4 is 0 Å². The molecule has 4 atom stereocenters. The first kappa shape index (κ1) is 13.0. The number of aromatic nitrogens is 1. The van der Waals surface area contributed by atoms with E-state index in [1.165, 1.54) is 38.1 Å². The molecule has 1 aromatic heterocycles. The Morgan fingerprint density at radius 1 is 1.47 bits per heavy atom. The van der Waals surface area contributed by atoms with Crippen LogP contribution in [0.2, 0.25) is 0 Å². The van der Waals surface area contributed by atoms with Crippen LogP contribution in [0.3, 0.4) is 0 Å². The molecule has 2 aliphatic rings. The molecule has 1 N–H and O–H groups in total. The molecule has 104 valence electrons. The smallest absolute Gasteiger partial charge is 0.141 e. The molecule has 1 aliphatic heterocycles. The minimum absolute atomic E-state index is 0.123. The van der Waals surface area contributed by atoms with Crippen molar-refractivity contribution in [1.29, 1.82) is 0 Å². The Balaban J connectivity index is 1.60. The Kier molecular flexibility index (Phi) is 3.54. The van der Waals surface area contributed by atoms with E-state index in [1.807, 2.05) is 6.92 Å². The van der Waals surface area contributed by atoms with E-state index in [-0.39, 0.29) is 11.7 Å². The lowest BCUT2D eigenvalue weighted by molar-refractivity contribution is 0.0749. The molecule has 19 heavy (non-hydrogen) atoms. The summed E-state index contributed by atoms with van der Waals surface area (Å²) in [5, 5.41) is 10.3. The summed E-state index contributed by atoms with van der Waals surface area (Å²) in [6.45, 7) is 4.13. The predicted octanol–water partition coefficient (Wildman–Crippen LogP) is 2.37. The Labute approximate surface area is 113 Å². The molecular formula is C15H21FN2O. The first-order chi connectivity index (χ1) is 9.13. The van der Waals surface area contributed by atoms with Crippen LogP contribution in [0.15, 0.2) is 18.3 Å². The zero-order valence-electron chi connectivity index (χ0n) is 11.3. The van der Waals surface area contributed by atoms with Crippen LogP contribution in [0.5, 0.6) is 0 Å². The summed E-state index contributed by atoms with van der Waals surface area (Å²) in [7, 11) is 0. The number of aliphatic hydroxyl groups is 1. The van der Waals surface area contributed by atoms with E-state index in [2.05, 4.69) is 9.88 Å². The van der Waals surface area contributed by atoms with E-state index in [1.54, 1.807) is 6.07 Å². The molecule has 2 heterocycles. The Bertz CT molecular complexity index is 436. The average molecular weight is 264 g/mol. The highest BCUT2D eigenvalue weighted by atomic mass is 19.1. The molecule has 0 radical (unpaired) electrons. The van der Waals surface area contributed by atoms with E-state index >= 15 is 0 Å². The van der Waals surface area contributed by atoms with Gasteiger partial charge in [0.15, 0.2) is 0 Å². The second-order valence-corrected chi connectivity index (χ2v) is 6.11. The maximum atomic E-state index is 12.8. The topological polar surface area (TPSA) is 36.4 Å². The second kappa shape index (κ2) is 5.17. The van der Waals surface area contributed by atoms with Crippen molar-refractivity contribution in [2.75, 3.05) is 13.1 Å². The Hall–Kier alpha value is -1.00. The van der Waals surface area contributed by atoms with Crippen LogP contribution in [0.1, 0.15) is 38.0 Å². The molecule has 4 unspecified atom stereocenters. The SMILES string of the molecule is CC(CN1CC2CCC1C2)C(O)c1ccc(F)cn1. The lowest BCUT2D eigenvalue weighted by Gasteiger charge is -2.31. The zero-order valence-corrected chi connectivity index (χ0v) is 11.3. The normalized spacial score (nSPS) is 29.6. The van der Waals surface area contributed by atoms with Gasteiger partial charge in [-0.1, -0.05) is 6.92 Å². The zero-order chi connectivity index (χ0) is 13.4. The van der Waals surface area contributed by atoms with Crippen LogP contribution in [-0.4, -0.2) is 34.1 Å². The van der Waals surface area contributed by atoms with Gasteiger partial charge in [-0.25, -0.2) is 4.39 Å². The highest BCUT2D eigenvalue weighted by Gasteiger charge is 2.38. The lowest BCUT2D eigenvalue weighted by atomic mass is 9.99. The number of aliphatic hydroxyl groups excluding tert-OH is 1. The van der Waals surface area contributed by atoms with Crippen molar-refractivity contribution in [3.63, 3.8) is 0 Å². The number of hydrogen-bond acceptors (Lipinski definition) is 3. The molecule has 2 fully saturated rings. The molecular weight excluding hydrogens is 243 g/mol. The average Bonchev–Trinajstić information content (AvgIpc) is 3.01. The van der Waals surface area contributed by atoms with Crippen LogP contribution in [0, 0.1) is 17.7 Å². The van der Waals surface area contributed by atoms with Gasteiger partial charge in [-0.15, -0.1) is 0 Å². The fraction of sp³-hybridized carbons (Fsp3) is 0.667. The first-order valence-corrected chi connectivity index (χ1v) is 7.17. The largest absolute Gasteiger partial charge is 0.386 e. The summed E-state index contributed by atoms with van der Waals surface area (Å²) >= 11 is 0. The third kappa shape index (κ3) is 2.65. The fourth-order valence-corrected chi connectivity index (χ4v) is 3.57. The number of fused-ring (bicyclic) bond motifs is 2. The van der Waals surface area contributed by atoms with Crippen LogP contribution >= 0.6 is 0 Å². The first-order valence-electron chi connectivity index (χ1n) is 7.17. The Morgan fingerprint density at radius 3 is 2.89 bits per heavy atom. The molecule has 0 amide bonds. The van der Waals surface area contributed by atoms with E-state index < -0.39 is 6.10 Å². The van der Waals surface area contributed by atoms with Crippen LogP contribution in [-0.2, 0) is 0 Å². The highest BCUT2D eigenvalue weighted by molar-refractivity contribution is 5.09. The summed E-state index contributed by atoms with van der Waals surface area (Å²) in [4.78, 5) is 6.48. The third-order valence-electron chi connectivity index (χ3n) is 4.64. The molecule has 1 saturated heterocycles. The number of likely N-dealkylation sites (tertiary alicyclic amines) is 1. The summed E-state index contributed by atoms with van der Waals surface area (Å²) in [5.74, 6) is 0.635. The van der Waals surface area contributed by atoms with Gasteiger partial charge in [-0.05, 0) is 37.3 Å².